The summed E-state index contributed by atoms with van der Waals surface area (Å²) < 4.78 is 50.8. The number of methoxy groups -OCH3 is 1. The molecule has 0 radical (unpaired) electrons. The first-order valence-corrected chi connectivity index (χ1v) is 14.6. The first-order valence-electron chi connectivity index (χ1n) is 13.8. The molecule has 222 valence electrons. The van der Waals surface area contributed by atoms with Gasteiger partial charge in [-0.25, -0.2) is 13.8 Å². The van der Waals surface area contributed by atoms with Crippen LogP contribution in [0.25, 0.3) is 0 Å². The summed E-state index contributed by atoms with van der Waals surface area (Å²) in [4.78, 5) is 33.1. The zero-order valence-electron chi connectivity index (χ0n) is 23.3. The first-order chi connectivity index (χ1) is 19.7. The first kappa shape index (κ1) is 29.5. The van der Waals surface area contributed by atoms with Gasteiger partial charge in [0.1, 0.15) is 18.1 Å². The summed E-state index contributed by atoms with van der Waals surface area (Å²) in [6.45, 7) is 3.47. The number of hydrogen-bond donors (Lipinski definition) is 0. The predicted octanol–water partition coefficient (Wildman–Crippen LogP) is 4.97. The smallest absolute Gasteiger partial charge is 0.259 e. The van der Waals surface area contributed by atoms with E-state index in [1.165, 1.54) is 18.0 Å². The van der Waals surface area contributed by atoms with E-state index >= 15 is 0 Å². The van der Waals surface area contributed by atoms with E-state index in [4.69, 9.17) is 18.6 Å². The third-order valence-corrected chi connectivity index (χ3v) is 9.53. The molecule has 5 rings (SSSR count). The highest BCUT2D eigenvalue weighted by atomic mass is 32.2. The molecule has 1 aliphatic carbocycles. The van der Waals surface area contributed by atoms with Gasteiger partial charge in [-0.15, -0.1) is 0 Å². The number of alkyl halides is 2. The topological polar surface area (TPSA) is 94.3 Å². The van der Waals surface area contributed by atoms with Gasteiger partial charge in [0.2, 0.25) is 12.3 Å². The minimum atomic E-state index is -2.87. The molecular weight excluding hydrogens is 556 g/mol. The van der Waals surface area contributed by atoms with E-state index in [-0.39, 0.29) is 11.4 Å². The molecule has 2 amide bonds. The number of rotatable bonds is 11. The van der Waals surface area contributed by atoms with E-state index in [9.17, 15) is 18.4 Å². The van der Waals surface area contributed by atoms with E-state index in [0.29, 0.717) is 48.4 Å². The van der Waals surface area contributed by atoms with Gasteiger partial charge < -0.3 is 23.5 Å². The SMILES string of the molecule is COc1ccccc1C(CN(C)C1=C(C(=O)N(C=O)C2CC(F)(F)C2)C(C)C(c2ncco2)S1)OC1CCOCC1. The molecule has 3 unspecified atom stereocenters. The van der Waals surface area contributed by atoms with Gasteiger partial charge in [0, 0.05) is 51.1 Å². The van der Waals surface area contributed by atoms with Crippen molar-refractivity contribution in [3.8, 4) is 5.75 Å². The average Bonchev–Trinajstić information content (AvgIpc) is 3.60. The Morgan fingerprint density at radius 3 is 2.63 bits per heavy atom. The standard InChI is InChI=1S/C29H35F2N3O6S/c1-18-24(27(36)34(17-35)19-14-29(30,31)15-19)28(41-25(18)26-32-10-13-39-26)33(2)16-23(40-20-8-11-38-12-9-20)21-6-4-5-7-22(21)37-3/h4-7,10,13,17-20,23,25H,8-9,11-12,14-16H2,1-3H3. The summed E-state index contributed by atoms with van der Waals surface area (Å²) in [5.74, 6) is -2.71. The summed E-state index contributed by atoms with van der Waals surface area (Å²) in [5.41, 5.74) is 1.24. The number of ether oxygens (including phenoxy) is 3. The van der Waals surface area contributed by atoms with Crippen LogP contribution in [0, 0.1) is 5.92 Å². The van der Waals surface area contributed by atoms with Crippen LogP contribution in [-0.2, 0) is 19.1 Å². The third-order valence-electron chi connectivity index (χ3n) is 7.91. The van der Waals surface area contributed by atoms with Gasteiger partial charge in [0.15, 0.2) is 0 Å². The Balaban J connectivity index is 1.47. The Morgan fingerprint density at radius 1 is 1.27 bits per heavy atom. The van der Waals surface area contributed by atoms with Crippen molar-refractivity contribution < 1.29 is 37.0 Å². The minimum Gasteiger partial charge on any atom is -0.496 e. The number of aromatic nitrogens is 1. The molecule has 0 N–H and O–H groups in total. The van der Waals surface area contributed by atoms with E-state index in [2.05, 4.69) is 4.98 Å². The normalized spacial score (nSPS) is 23.6. The fourth-order valence-electron chi connectivity index (χ4n) is 5.64. The fraction of sp³-hybridized carbons (Fsp3) is 0.552. The van der Waals surface area contributed by atoms with Crippen molar-refractivity contribution in [2.75, 3.05) is 33.9 Å². The van der Waals surface area contributed by atoms with Crippen molar-refractivity contribution >= 4 is 24.1 Å². The lowest BCUT2D eigenvalue weighted by Crippen LogP contribution is -2.53. The summed E-state index contributed by atoms with van der Waals surface area (Å²) in [7, 11) is 3.47. The Hall–Kier alpha value is -2.96. The molecule has 3 aliphatic rings. The molecule has 3 atom stereocenters. The maximum Gasteiger partial charge on any atom is 0.259 e. The number of carbonyl (C=O) groups is 2. The second-order valence-corrected chi connectivity index (χ2v) is 11.8. The Labute approximate surface area is 242 Å². The van der Waals surface area contributed by atoms with E-state index in [0.717, 1.165) is 23.3 Å². The number of oxazole rings is 1. The van der Waals surface area contributed by atoms with Gasteiger partial charge in [-0.3, -0.25) is 14.5 Å². The average molecular weight is 592 g/mol. The Bertz CT molecular complexity index is 1240. The van der Waals surface area contributed by atoms with Crippen molar-refractivity contribution in [1.29, 1.82) is 0 Å². The molecule has 3 heterocycles. The van der Waals surface area contributed by atoms with Gasteiger partial charge >= 0.3 is 0 Å². The van der Waals surface area contributed by atoms with E-state index < -0.39 is 42.7 Å². The third kappa shape index (κ3) is 6.29. The maximum atomic E-state index is 13.9. The van der Waals surface area contributed by atoms with Gasteiger partial charge in [-0.1, -0.05) is 36.9 Å². The number of amides is 2. The summed E-state index contributed by atoms with van der Waals surface area (Å²) >= 11 is 1.41. The van der Waals surface area contributed by atoms with Crippen LogP contribution in [-0.4, -0.2) is 79.1 Å². The van der Waals surface area contributed by atoms with Crippen LogP contribution in [0.3, 0.4) is 0 Å². The van der Waals surface area contributed by atoms with Crippen LogP contribution in [0.1, 0.15) is 55.4 Å². The Kier molecular flexibility index (Phi) is 9.00. The maximum absolute atomic E-state index is 13.9. The van der Waals surface area contributed by atoms with E-state index in [1.807, 2.05) is 43.1 Å². The number of benzene rings is 1. The fourth-order valence-corrected chi connectivity index (χ4v) is 7.09. The molecule has 1 aromatic heterocycles. The van der Waals surface area contributed by atoms with Crippen molar-refractivity contribution in [3.63, 3.8) is 0 Å². The summed E-state index contributed by atoms with van der Waals surface area (Å²) in [6, 6.07) is 6.82. The van der Waals surface area contributed by atoms with Gasteiger partial charge in [0.05, 0.1) is 41.3 Å². The largest absolute Gasteiger partial charge is 0.496 e. The highest BCUT2D eigenvalue weighted by molar-refractivity contribution is 8.03. The minimum absolute atomic E-state index is 0.0109. The lowest BCUT2D eigenvalue weighted by molar-refractivity contribution is -0.156. The lowest BCUT2D eigenvalue weighted by atomic mass is 9.86. The number of imide groups is 1. The van der Waals surface area contributed by atoms with Crippen LogP contribution in [0.15, 0.2) is 51.7 Å². The van der Waals surface area contributed by atoms with Crippen molar-refractivity contribution in [2.45, 2.75) is 62.0 Å². The molecule has 0 bridgehead atoms. The molecule has 12 heteroatoms. The predicted molar refractivity (Wildman–Crippen MR) is 147 cm³/mol. The molecule has 2 aromatic rings. The van der Waals surface area contributed by atoms with Crippen molar-refractivity contribution in [1.82, 2.24) is 14.8 Å². The summed E-state index contributed by atoms with van der Waals surface area (Å²) in [6.07, 6.45) is 3.43. The molecule has 1 aromatic carbocycles. The molecule has 1 saturated heterocycles. The van der Waals surface area contributed by atoms with Crippen LogP contribution in [0.4, 0.5) is 8.78 Å². The second-order valence-electron chi connectivity index (χ2n) is 10.7. The highest BCUT2D eigenvalue weighted by Crippen LogP contribution is 2.53. The van der Waals surface area contributed by atoms with E-state index in [1.54, 1.807) is 13.3 Å². The number of likely N-dealkylation sites (N-methyl/N-ethyl adjacent to an activating group) is 1. The van der Waals surface area contributed by atoms with Crippen LogP contribution in [0.5, 0.6) is 5.75 Å². The molecule has 41 heavy (non-hydrogen) atoms. The molecule has 9 nitrogen and oxygen atoms in total. The Morgan fingerprint density at radius 2 is 2.00 bits per heavy atom. The molecule has 1 saturated carbocycles. The number of halogens is 2. The van der Waals surface area contributed by atoms with Crippen LogP contribution >= 0.6 is 11.8 Å². The zero-order chi connectivity index (χ0) is 29.1. The van der Waals surface area contributed by atoms with Crippen LogP contribution < -0.4 is 4.74 Å². The number of carbonyl (C=O) groups excluding carboxylic acids is 2. The van der Waals surface area contributed by atoms with Gasteiger partial charge in [-0.2, -0.15) is 0 Å². The monoisotopic (exact) mass is 591 g/mol. The highest BCUT2D eigenvalue weighted by Gasteiger charge is 2.51. The molecule has 2 aliphatic heterocycles. The lowest BCUT2D eigenvalue weighted by Gasteiger charge is -2.40. The quantitative estimate of drug-likeness (QED) is 0.336. The number of hydrogen-bond acceptors (Lipinski definition) is 9. The zero-order valence-corrected chi connectivity index (χ0v) is 24.1. The molecular formula is C29H35F2N3O6S. The molecule has 0 spiro atoms. The van der Waals surface area contributed by atoms with Crippen molar-refractivity contribution in [2.24, 2.45) is 5.92 Å². The van der Waals surface area contributed by atoms with Crippen molar-refractivity contribution in [3.05, 3.63) is 58.8 Å². The second kappa shape index (κ2) is 12.5. The number of para-hydroxylation sites is 1. The van der Waals surface area contributed by atoms with Gasteiger partial charge in [-0.05, 0) is 18.9 Å². The molecule has 2 fully saturated rings. The summed E-state index contributed by atoms with van der Waals surface area (Å²) in [5, 5.41) is 0.290. The van der Waals surface area contributed by atoms with Gasteiger partial charge in [0.25, 0.3) is 11.8 Å². The number of nitrogens with zero attached hydrogens (tertiary/aromatic N) is 3. The van der Waals surface area contributed by atoms with Crippen LogP contribution in [0.2, 0.25) is 0 Å². The number of thioether (sulfide) groups is 1.